The molecule has 2 heterocycles. The molecule has 0 saturated heterocycles. The van der Waals surface area contributed by atoms with Gasteiger partial charge < -0.3 is 19.0 Å². The van der Waals surface area contributed by atoms with Crippen LogP contribution in [0.1, 0.15) is 56.7 Å². The molecule has 16 nitrogen and oxygen atoms in total. The van der Waals surface area contributed by atoms with Crippen molar-refractivity contribution in [3.63, 3.8) is 0 Å². The van der Waals surface area contributed by atoms with Gasteiger partial charge in [-0.3, -0.25) is 4.90 Å². The molecule has 0 aliphatic rings. The minimum atomic E-state index is -4.44. The largest absolute Gasteiger partial charge is 0.489 e. The molecule has 2 aromatic heterocycles. The van der Waals surface area contributed by atoms with Crippen LogP contribution in [0.15, 0.2) is 50.5 Å². The van der Waals surface area contributed by atoms with Gasteiger partial charge in [0.15, 0.2) is 0 Å². The number of carboxylic acid groups (broad SMARTS) is 1. The monoisotopic (exact) mass is 725 g/mol. The number of aryl methyl sites for hydroxylation is 1. The van der Waals surface area contributed by atoms with Crippen LogP contribution < -0.4 is 24.9 Å². The molecule has 0 radical (unpaired) electrons. The van der Waals surface area contributed by atoms with Gasteiger partial charge >= 0.3 is 23.8 Å². The fourth-order valence-electron chi connectivity index (χ4n) is 3.65. The summed E-state index contributed by atoms with van der Waals surface area (Å²) in [6.45, 7) is 11.0. The molecule has 4 rings (SSSR count). The summed E-state index contributed by atoms with van der Waals surface area (Å²) in [5.41, 5.74) is -0.486. The van der Waals surface area contributed by atoms with Crippen LogP contribution in [0.4, 0.5) is 10.7 Å². The summed E-state index contributed by atoms with van der Waals surface area (Å²) < 4.78 is 43.4. The number of aromatic carboxylic acids is 1. The molecule has 0 saturated carbocycles. The number of halogens is 2. The summed E-state index contributed by atoms with van der Waals surface area (Å²) in [6.07, 6.45) is -0.0642. The van der Waals surface area contributed by atoms with Gasteiger partial charge in [0.1, 0.15) is 16.5 Å². The van der Waals surface area contributed by atoms with Gasteiger partial charge in [0.2, 0.25) is 11.8 Å². The third kappa shape index (κ3) is 9.20. The Kier molecular flexibility index (Phi) is 11.8. The molecule has 48 heavy (non-hydrogen) atoms. The SMILES string of the molecule is CC(C)Oc1cc(-n2nc(C(C)(C)C)oc2=O)c(Cl)cc1Cl.COc1nc(C)nc(N(C)C(=O)NS(=O)(=O)c2ccccc2C(=O)O)n1. The average molecular weight is 727 g/mol. The lowest BCUT2D eigenvalue weighted by Gasteiger charge is -2.17. The van der Waals surface area contributed by atoms with Crippen molar-refractivity contribution in [3.8, 4) is 17.4 Å². The molecule has 0 spiro atoms. The second kappa shape index (κ2) is 15.0. The maximum atomic E-state index is 12.4. The number of amides is 2. The van der Waals surface area contributed by atoms with E-state index in [0.29, 0.717) is 22.4 Å². The molecular weight excluding hydrogens is 693 g/mol. The van der Waals surface area contributed by atoms with E-state index in [1.807, 2.05) is 34.6 Å². The highest BCUT2D eigenvalue weighted by atomic mass is 35.5. The second-order valence-corrected chi connectivity index (χ2v) is 13.6. The first-order valence-electron chi connectivity index (χ1n) is 13.9. The number of carbonyl (C=O) groups excluding carboxylic acids is 1. The molecule has 2 N–H and O–H groups in total. The standard InChI is InChI=1S/C15H18Cl2N2O3.C14H15N5O6S/c1-8(2)21-12-7-11(9(16)6-10(12)17)19-14(20)22-13(18-19)15(3,4)5;1-8-15-12(17-13(16-8)25-3)19(2)14(22)18-26(23,24)10-7-5-4-6-9(10)11(20)21/h6-8H,1-5H3;4-7H,1-3H3,(H,18,22)(H,20,21). The highest BCUT2D eigenvalue weighted by Crippen LogP contribution is 2.33. The predicted octanol–water partition coefficient (Wildman–Crippen LogP) is 4.64. The van der Waals surface area contributed by atoms with Crippen LogP contribution in [0.3, 0.4) is 0 Å². The molecule has 2 aromatic carbocycles. The van der Waals surface area contributed by atoms with E-state index in [-0.39, 0.29) is 34.3 Å². The van der Waals surface area contributed by atoms with E-state index in [1.165, 1.54) is 32.4 Å². The number of rotatable bonds is 8. The van der Waals surface area contributed by atoms with Crippen LogP contribution >= 0.6 is 23.2 Å². The van der Waals surface area contributed by atoms with Gasteiger partial charge in [-0.15, -0.1) is 5.10 Å². The van der Waals surface area contributed by atoms with Crippen molar-refractivity contribution < 1.29 is 37.0 Å². The Balaban J connectivity index is 0.000000264. The van der Waals surface area contributed by atoms with E-state index < -0.39 is 38.2 Å². The maximum absolute atomic E-state index is 12.4. The molecule has 19 heteroatoms. The summed E-state index contributed by atoms with van der Waals surface area (Å²) >= 11 is 12.3. The molecule has 0 aliphatic carbocycles. The molecule has 0 unspecified atom stereocenters. The molecule has 2 amide bonds. The molecule has 0 atom stereocenters. The number of carbonyl (C=O) groups is 2. The van der Waals surface area contributed by atoms with Gasteiger partial charge in [-0.25, -0.2) is 27.5 Å². The Hall–Kier alpha value is -4.74. The number of nitrogens with one attached hydrogen (secondary N) is 1. The number of aromatic nitrogens is 5. The van der Waals surface area contributed by atoms with Gasteiger partial charge in [0.25, 0.3) is 10.0 Å². The minimum Gasteiger partial charge on any atom is -0.489 e. The van der Waals surface area contributed by atoms with Crippen molar-refractivity contribution in [2.24, 2.45) is 0 Å². The van der Waals surface area contributed by atoms with Crippen LogP contribution in [0.5, 0.6) is 11.8 Å². The fraction of sp³-hybridized carbons (Fsp3) is 0.345. The summed E-state index contributed by atoms with van der Waals surface area (Å²) in [6, 6.07) is 6.88. The van der Waals surface area contributed by atoms with E-state index in [0.717, 1.165) is 21.7 Å². The number of ether oxygens (including phenoxy) is 2. The Bertz CT molecular complexity index is 1990. The predicted molar refractivity (Wildman–Crippen MR) is 175 cm³/mol. The first-order chi connectivity index (χ1) is 22.2. The van der Waals surface area contributed by atoms with Crippen LogP contribution in [-0.2, 0) is 15.4 Å². The van der Waals surface area contributed by atoms with Crippen LogP contribution in [0.25, 0.3) is 5.69 Å². The highest BCUT2D eigenvalue weighted by Gasteiger charge is 2.27. The molecule has 0 aliphatic heterocycles. The van der Waals surface area contributed by atoms with Crippen molar-refractivity contribution in [1.29, 1.82) is 0 Å². The Morgan fingerprint density at radius 1 is 1.08 bits per heavy atom. The average Bonchev–Trinajstić information content (AvgIpc) is 3.39. The summed E-state index contributed by atoms with van der Waals surface area (Å²) in [7, 11) is -1.87. The van der Waals surface area contributed by atoms with E-state index in [4.69, 9.17) is 42.2 Å². The van der Waals surface area contributed by atoms with Crippen molar-refractivity contribution in [1.82, 2.24) is 29.5 Å². The number of sulfonamides is 1. The van der Waals surface area contributed by atoms with Gasteiger partial charge in [-0.2, -0.15) is 19.6 Å². The topological polar surface area (TPSA) is 209 Å². The number of methoxy groups -OCH3 is 1. The Labute approximate surface area is 285 Å². The lowest BCUT2D eigenvalue weighted by Crippen LogP contribution is -2.42. The van der Waals surface area contributed by atoms with Gasteiger partial charge in [0, 0.05) is 18.5 Å². The number of nitrogens with zero attached hydrogens (tertiary/aromatic N) is 6. The third-order valence-electron chi connectivity index (χ3n) is 5.91. The van der Waals surface area contributed by atoms with E-state index in [9.17, 15) is 22.8 Å². The Morgan fingerprint density at radius 3 is 2.29 bits per heavy atom. The van der Waals surface area contributed by atoms with Crippen molar-refractivity contribution in [2.45, 2.75) is 58.0 Å². The normalized spacial score (nSPS) is 11.4. The first-order valence-corrected chi connectivity index (χ1v) is 16.1. The van der Waals surface area contributed by atoms with E-state index in [1.54, 1.807) is 17.7 Å². The summed E-state index contributed by atoms with van der Waals surface area (Å²) in [5, 5.41) is 14.0. The van der Waals surface area contributed by atoms with Crippen LogP contribution in [-0.4, -0.2) is 70.5 Å². The van der Waals surface area contributed by atoms with Crippen LogP contribution in [0.2, 0.25) is 10.0 Å². The number of carboxylic acids is 1. The zero-order valence-electron chi connectivity index (χ0n) is 27.1. The number of anilines is 1. The zero-order chi connectivity index (χ0) is 36.1. The quantitative estimate of drug-likeness (QED) is 0.254. The number of hydrogen-bond donors (Lipinski definition) is 2. The lowest BCUT2D eigenvalue weighted by molar-refractivity contribution is 0.0692. The van der Waals surface area contributed by atoms with E-state index >= 15 is 0 Å². The third-order valence-corrected chi connectivity index (χ3v) is 7.89. The summed E-state index contributed by atoms with van der Waals surface area (Å²) in [4.78, 5) is 47.4. The van der Waals surface area contributed by atoms with Crippen LogP contribution in [0, 0.1) is 6.92 Å². The minimum absolute atomic E-state index is 0.0498. The van der Waals surface area contributed by atoms with Gasteiger partial charge in [0.05, 0.1) is 34.5 Å². The smallest absolute Gasteiger partial charge is 0.442 e. The fourth-order valence-corrected chi connectivity index (χ4v) is 5.34. The first kappa shape index (κ1) is 37.7. The number of hydrogen-bond acceptors (Lipinski definition) is 12. The number of urea groups is 1. The van der Waals surface area contributed by atoms with E-state index in [2.05, 4.69) is 20.1 Å². The van der Waals surface area contributed by atoms with Gasteiger partial charge in [-0.1, -0.05) is 56.1 Å². The molecule has 0 bridgehead atoms. The molecule has 0 fully saturated rings. The Morgan fingerprint density at radius 2 is 1.73 bits per heavy atom. The van der Waals surface area contributed by atoms with Crippen molar-refractivity contribution in [3.05, 3.63) is 74.3 Å². The molecular formula is C29H33Cl2N7O9S. The summed E-state index contributed by atoms with van der Waals surface area (Å²) in [5.74, 6) is -1.17. The van der Waals surface area contributed by atoms with Crippen molar-refractivity contribution >= 4 is 51.2 Å². The highest BCUT2D eigenvalue weighted by molar-refractivity contribution is 7.90. The second-order valence-electron chi connectivity index (χ2n) is 11.2. The molecule has 258 valence electrons. The maximum Gasteiger partial charge on any atom is 0.442 e. The molecule has 4 aromatic rings. The zero-order valence-corrected chi connectivity index (χ0v) is 29.4. The lowest BCUT2D eigenvalue weighted by atomic mass is 9.97. The van der Waals surface area contributed by atoms with Gasteiger partial charge in [-0.05, 0) is 39.0 Å². The van der Waals surface area contributed by atoms with Crippen molar-refractivity contribution in [2.75, 3.05) is 19.1 Å². The number of benzene rings is 2.